The van der Waals surface area contributed by atoms with Gasteiger partial charge in [-0.2, -0.15) is 0 Å². The smallest absolute Gasteiger partial charge is 0.155 e. The maximum absolute atomic E-state index is 11.9. The molecule has 128 valence electrons. The summed E-state index contributed by atoms with van der Waals surface area (Å²) in [4.78, 5) is 11.9. The molecule has 4 aliphatic carbocycles. The van der Waals surface area contributed by atoms with E-state index in [1.54, 1.807) is 0 Å². The number of hydrogen-bond acceptors (Lipinski definition) is 2. The fourth-order valence-corrected chi connectivity index (χ4v) is 7.33. The van der Waals surface area contributed by atoms with E-state index in [9.17, 15) is 9.90 Å². The minimum atomic E-state index is -0.446. The molecule has 3 saturated carbocycles. The van der Waals surface area contributed by atoms with E-state index in [4.69, 9.17) is 0 Å². The number of carbonyl (C=O) groups excluding carboxylic acids is 1. The van der Waals surface area contributed by atoms with Gasteiger partial charge in [-0.1, -0.05) is 26.8 Å². The van der Waals surface area contributed by atoms with Gasteiger partial charge in [0.25, 0.3) is 0 Å². The molecule has 23 heavy (non-hydrogen) atoms. The van der Waals surface area contributed by atoms with Gasteiger partial charge in [0.05, 0.1) is 5.60 Å². The topological polar surface area (TPSA) is 37.3 Å². The van der Waals surface area contributed by atoms with Crippen LogP contribution in [0.25, 0.3) is 0 Å². The molecule has 4 rings (SSSR count). The van der Waals surface area contributed by atoms with E-state index in [0.29, 0.717) is 23.5 Å². The van der Waals surface area contributed by atoms with Crippen molar-refractivity contribution in [3.63, 3.8) is 0 Å². The Morgan fingerprint density at radius 1 is 1.13 bits per heavy atom. The highest BCUT2D eigenvalue weighted by molar-refractivity contribution is 5.91. The zero-order valence-corrected chi connectivity index (χ0v) is 15.0. The van der Waals surface area contributed by atoms with Gasteiger partial charge in [0.2, 0.25) is 0 Å². The first-order valence-corrected chi connectivity index (χ1v) is 9.78. The quantitative estimate of drug-likeness (QED) is 0.772. The fraction of sp³-hybridized carbons (Fsp3) is 0.857. The second kappa shape index (κ2) is 4.94. The van der Waals surface area contributed by atoms with Gasteiger partial charge in [-0.15, -0.1) is 0 Å². The third-order valence-corrected chi connectivity index (χ3v) is 8.95. The molecule has 0 bridgehead atoms. The summed E-state index contributed by atoms with van der Waals surface area (Å²) >= 11 is 0. The van der Waals surface area contributed by atoms with Gasteiger partial charge in [0.1, 0.15) is 0 Å². The van der Waals surface area contributed by atoms with Crippen LogP contribution in [0.3, 0.4) is 0 Å². The van der Waals surface area contributed by atoms with Crippen LogP contribution in [-0.2, 0) is 4.79 Å². The van der Waals surface area contributed by atoms with Crippen molar-refractivity contribution in [3.8, 4) is 0 Å². The van der Waals surface area contributed by atoms with Crippen molar-refractivity contribution in [2.24, 2.45) is 34.5 Å². The van der Waals surface area contributed by atoms with E-state index in [1.165, 1.54) is 25.7 Å². The number of rotatable bonds is 1. The monoisotopic (exact) mass is 316 g/mol. The van der Waals surface area contributed by atoms with Crippen molar-refractivity contribution in [1.82, 2.24) is 0 Å². The SMILES string of the molecule is CC[C@]1(O)CC[C@H]2[C@@H]3CC[C@@H]4CC(=O)C=C[C@]4(C)[C@H]3CC[C@@]21C. The van der Waals surface area contributed by atoms with Gasteiger partial charge in [-0.05, 0) is 85.5 Å². The van der Waals surface area contributed by atoms with Crippen LogP contribution in [0.15, 0.2) is 12.2 Å². The summed E-state index contributed by atoms with van der Waals surface area (Å²) in [5, 5.41) is 11.2. The summed E-state index contributed by atoms with van der Waals surface area (Å²) in [6, 6.07) is 0. The maximum atomic E-state index is 11.9. The second-order valence-electron chi connectivity index (χ2n) is 9.40. The highest BCUT2D eigenvalue weighted by Crippen LogP contribution is 2.67. The van der Waals surface area contributed by atoms with Crippen molar-refractivity contribution < 1.29 is 9.90 Å². The number of hydrogen-bond donors (Lipinski definition) is 1. The average molecular weight is 316 g/mol. The van der Waals surface area contributed by atoms with Crippen LogP contribution in [0.1, 0.15) is 72.1 Å². The molecule has 0 amide bonds. The first-order valence-electron chi connectivity index (χ1n) is 9.78. The Kier molecular flexibility index (Phi) is 3.41. The molecule has 2 nitrogen and oxygen atoms in total. The lowest BCUT2D eigenvalue weighted by molar-refractivity contribution is -0.141. The lowest BCUT2D eigenvalue weighted by Crippen LogP contribution is -2.55. The molecule has 0 aromatic carbocycles. The van der Waals surface area contributed by atoms with Crippen LogP contribution < -0.4 is 0 Å². The number of allylic oxidation sites excluding steroid dienone is 2. The first kappa shape index (κ1) is 15.9. The lowest BCUT2D eigenvalue weighted by Gasteiger charge is -2.59. The van der Waals surface area contributed by atoms with Crippen LogP contribution in [0.4, 0.5) is 0 Å². The van der Waals surface area contributed by atoms with Crippen LogP contribution in [0.5, 0.6) is 0 Å². The van der Waals surface area contributed by atoms with E-state index >= 15 is 0 Å². The second-order valence-corrected chi connectivity index (χ2v) is 9.40. The molecule has 0 unspecified atom stereocenters. The van der Waals surface area contributed by atoms with Gasteiger partial charge in [-0.25, -0.2) is 0 Å². The van der Waals surface area contributed by atoms with E-state index in [-0.39, 0.29) is 10.8 Å². The summed E-state index contributed by atoms with van der Waals surface area (Å²) in [7, 11) is 0. The predicted octanol–water partition coefficient (Wildman–Crippen LogP) is 4.52. The Hall–Kier alpha value is -0.630. The molecule has 0 aromatic rings. The zero-order chi connectivity index (χ0) is 16.5. The Labute approximate surface area is 140 Å². The highest BCUT2D eigenvalue weighted by Gasteiger charge is 2.63. The number of ketones is 1. The van der Waals surface area contributed by atoms with Crippen LogP contribution >= 0.6 is 0 Å². The van der Waals surface area contributed by atoms with Crippen LogP contribution in [0.2, 0.25) is 0 Å². The Morgan fingerprint density at radius 3 is 2.61 bits per heavy atom. The fourth-order valence-electron chi connectivity index (χ4n) is 7.33. The maximum Gasteiger partial charge on any atom is 0.155 e. The third-order valence-electron chi connectivity index (χ3n) is 8.95. The minimum absolute atomic E-state index is 0.111. The molecule has 0 aromatic heterocycles. The van der Waals surface area contributed by atoms with Crippen molar-refractivity contribution in [3.05, 3.63) is 12.2 Å². The summed E-state index contributed by atoms with van der Waals surface area (Å²) in [5.41, 5.74) is -0.121. The van der Waals surface area contributed by atoms with Crippen LogP contribution in [0, 0.1) is 34.5 Å². The van der Waals surface area contributed by atoms with Crippen molar-refractivity contribution in [1.29, 1.82) is 0 Å². The van der Waals surface area contributed by atoms with Gasteiger partial charge >= 0.3 is 0 Å². The van der Waals surface area contributed by atoms with Gasteiger partial charge in [0.15, 0.2) is 5.78 Å². The summed E-state index contributed by atoms with van der Waals surface area (Å²) < 4.78 is 0. The van der Waals surface area contributed by atoms with Gasteiger partial charge in [-0.3, -0.25) is 4.79 Å². The Balaban J connectivity index is 1.68. The average Bonchev–Trinajstić information content (AvgIpc) is 2.80. The normalized spacial score (nSPS) is 55.2. The molecule has 2 heteroatoms. The molecule has 4 aliphatic rings. The molecule has 0 saturated heterocycles. The predicted molar refractivity (Wildman–Crippen MR) is 91.9 cm³/mol. The Bertz CT molecular complexity index is 552. The molecule has 3 fully saturated rings. The third kappa shape index (κ3) is 1.94. The number of aliphatic hydroxyl groups is 1. The van der Waals surface area contributed by atoms with Crippen molar-refractivity contribution in [2.45, 2.75) is 77.7 Å². The van der Waals surface area contributed by atoms with E-state index < -0.39 is 5.60 Å². The van der Waals surface area contributed by atoms with Crippen molar-refractivity contribution in [2.75, 3.05) is 0 Å². The van der Waals surface area contributed by atoms with E-state index in [0.717, 1.165) is 31.6 Å². The summed E-state index contributed by atoms with van der Waals surface area (Å²) in [5.74, 6) is 3.01. The number of fused-ring (bicyclic) bond motifs is 5. The lowest BCUT2D eigenvalue weighted by atomic mass is 9.45. The molecule has 1 N–H and O–H groups in total. The molecule has 0 radical (unpaired) electrons. The molecule has 0 aliphatic heterocycles. The highest BCUT2D eigenvalue weighted by atomic mass is 16.3. The van der Waals surface area contributed by atoms with E-state index in [2.05, 4.69) is 26.8 Å². The van der Waals surface area contributed by atoms with E-state index in [1.807, 2.05) is 6.08 Å². The minimum Gasteiger partial charge on any atom is -0.389 e. The molecule has 0 heterocycles. The Morgan fingerprint density at radius 2 is 1.87 bits per heavy atom. The molecule has 0 spiro atoms. The molecular formula is C21H32O2. The van der Waals surface area contributed by atoms with Gasteiger partial charge < -0.3 is 5.11 Å². The zero-order valence-electron chi connectivity index (χ0n) is 15.0. The first-order chi connectivity index (χ1) is 10.8. The summed E-state index contributed by atoms with van der Waals surface area (Å²) in [6.45, 7) is 6.95. The van der Waals surface area contributed by atoms with Crippen molar-refractivity contribution >= 4 is 5.78 Å². The number of carbonyl (C=O) groups is 1. The molecule has 7 atom stereocenters. The largest absolute Gasteiger partial charge is 0.389 e. The standard InChI is InChI=1S/C21H32O2/c1-4-21(23)12-9-18-16-6-5-14-13-15(22)7-10-19(14,2)17(16)8-11-20(18,21)3/h7,10,14,16-18,23H,4-6,8-9,11-13H2,1-3H3/t14-,16-,17+,18+,19+,20+,21+/m1/s1. The van der Waals surface area contributed by atoms with Crippen LogP contribution in [-0.4, -0.2) is 16.5 Å². The summed E-state index contributed by atoms with van der Waals surface area (Å²) in [6.07, 6.45) is 12.8. The van der Waals surface area contributed by atoms with Gasteiger partial charge in [0, 0.05) is 6.42 Å². The molecular weight excluding hydrogens is 284 g/mol.